The number of alkyl halides is 3. The van der Waals surface area contributed by atoms with E-state index in [2.05, 4.69) is 20.8 Å². The summed E-state index contributed by atoms with van der Waals surface area (Å²) in [6, 6.07) is 11.9. The van der Waals surface area contributed by atoms with Crippen molar-refractivity contribution >= 4 is 40.8 Å². The van der Waals surface area contributed by atoms with Crippen LogP contribution in [0, 0.1) is 10.1 Å². The Hall–Kier alpha value is -4.52. The third-order valence-corrected chi connectivity index (χ3v) is 4.57. The summed E-state index contributed by atoms with van der Waals surface area (Å²) in [6.45, 7) is -0.600. The van der Waals surface area contributed by atoms with Crippen molar-refractivity contribution in [3.63, 3.8) is 0 Å². The Kier molecular flexibility index (Phi) is 8.17. The maximum atomic E-state index is 12.8. The van der Waals surface area contributed by atoms with E-state index >= 15 is 0 Å². The second kappa shape index (κ2) is 11.3. The van der Waals surface area contributed by atoms with Crippen LogP contribution in [0.5, 0.6) is 11.5 Å². The fraction of sp³-hybridized carbons (Fsp3) is 0.0909. The molecule has 10 nitrogen and oxygen atoms in total. The van der Waals surface area contributed by atoms with E-state index in [1.165, 1.54) is 42.5 Å². The zero-order chi connectivity index (χ0) is 26.3. The normalized spacial score (nSPS) is 11.7. The maximum absolute atomic E-state index is 12.8. The molecule has 0 saturated heterocycles. The van der Waals surface area contributed by atoms with Crippen molar-refractivity contribution in [2.75, 3.05) is 6.61 Å². The lowest BCUT2D eigenvalue weighted by atomic mass is 10.2. The number of halogens is 4. The van der Waals surface area contributed by atoms with Crippen molar-refractivity contribution in [1.82, 2.24) is 5.43 Å². The summed E-state index contributed by atoms with van der Waals surface area (Å²) < 4.78 is 43.6. The molecule has 0 bridgehead atoms. The molecule has 0 spiro atoms. The smallest absolute Gasteiger partial charge is 0.416 e. The van der Waals surface area contributed by atoms with E-state index < -0.39 is 34.9 Å². The number of benzene rings is 3. The molecule has 2 N–H and O–H groups in total. The lowest BCUT2D eigenvalue weighted by molar-refractivity contribution is -0.385. The molecule has 0 aliphatic heterocycles. The molecule has 0 radical (unpaired) electrons. The number of nitro benzene ring substituents is 1. The monoisotopic (exact) mass is 521 g/mol. The summed E-state index contributed by atoms with van der Waals surface area (Å²) in [5.74, 6) is -1.14. The summed E-state index contributed by atoms with van der Waals surface area (Å²) >= 11 is 5.72. The zero-order valence-corrected chi connectivity index (χ0v) is 18.7. The van der Waals surface area contributed by atoms with Crippen molar-refractivity contribution in [1.29, 1.82) is 0 Å². The van der Waals surface area contributed by atoms with E-state index in [9.17, 15) is 33.2 Å². The van der Waals surface area contributed by atoms with Crippen LogP contribution in [0.15, 0.2) is 76.0 Å². The van der Waals surface area contributed by atoms with Crippen LogP contribution in [0.3, 0.4) is 0 Å². The molecule has 0 aliphatic carbocycles. The number of amides is 1. The topological polar surface area (TPSA) is 139 Å². The van der Waals surface area contributed by atoms with Crippen molar-refractivity contribution in [2.24, 2.45) is 15.3 Å². The number of carbonyl (C=O) groups is 1. The van der Waals surface area contributed by atoms with Gasteiger partial charge in [-0.2, -0.15) is 28.5 Å². The van der Waals surface area contributed by atoms with Gasteiger partial charge in [0.15, 0.2) is 12.4 Å². The second-order valence-electron chi connectivity index (χ2n) is 6.94. The Labute approximate surface area is 205 Å². The molecule has 0 saturated carbocycles. The number of azo groups is 1. The SMILES string of the molecule is O=C(COc1ccc(Cl)cc1[N+](=O)[O-])N/N=C/c1cc(N=Nc2cccc(C(F)(F)F)c2)ccc1O. The average molecular weight is 522 g/mol. The zero-order valence-electron chi connectivity index (χ0n) is 17.9. The van der Waals surface area contributed by atoms with Crippen molar-refractivity contribution < 1.29 is 32.7 Å². The van der Waals surface area contributed by atoms with Gasteiger partial charge in [0.05, 0.1) is 28.1 Å². The molecule has 1 amide bonds. The Morgan fingerprint density at radius 2 is 1.83 bits per heavy atom. The lowest BCUT2D eigenvalue weighted by Gasteiger charge is -2.06. The fourth-order valence-electron chi connectivity index (χ4n) is 2.67. The van der Waals surface area contributed by atoms with E-state index in [0.29, 0.717) is 0 Å². The summed E-state index contributed by atoms with van der Waals surface area (Å²) in [6.07, 6.45) is -3.44. The molecule has 0 atom stereocenters. The molecule has 0 heterocycles. The Morgan fingerprint density at radius 1 is 1.11 bits per heavy atom. The number of aromatic hydroxyl groups is 1. The number of nitro groups is 1. The van der Waals surface area contributed by atoms with Crippen LogP contribution >= 0.6 is 11.6 Å². The molecular weight excluding hydrogens is 507 g/mol. The highest BCUT2D eigenvalue weighted by molar-refractivity contribution is 6.30. The summed E-state index contributed by atoms with van der Waals surface area (Å²) in [7, 11) is 0. The van der Waals surface area contributed by atoms with E-state index in [0.717, 1.165) is 24.4 Å². The van der Waals surface area contributed by atoms with E-state index in [4.69, 9.17) is 16.3 Å². The largest absolute Gasteiger partial charge is 0.507 e. The van der Waals surface area contributed by atoms with Gasteiger partial charge in [-0.25, -0.2) is 5.43 Å². The van der Waals surface area contributed by atoms with Crippen LogP contribution in [-0.4, -0.2) is 28.8 Å². The first-order valence-electron chi connectivity index (χ1n) is 9.83. The Balaban J connectivity index is 1.62. The minimum absolute atomic E-state index is 0.0266. The van der Waals surface area contributed by atoms with E-state index in [-0.39, 0.29) is 33.5 Å². The summed E-state index contributed by atoms with van der Waals surface area (Å²) in [4.78, 5) is 22.3. The van der Waals surface area contributed by atoms with Crippen LogP contribution < -0.4 is 10.2 Å². The van der Waals surface area contributed by atoms with Gasteiger partial charge in [0.2, 0.25) is 0 Å². The maximum Gasteiger partial charge on any atom is 0.416 e. The third-order valence-electron chi connectivity index (χ3n) is 4.33. The number of ether oxygens (including phenoxy) is 1. The van der Waals surface area contributed by atoms with Gasteiger partial charge in [-0.15, -0.1) is 0 Å². The van der Waals surface area contributed by atoms with E-state index in [1.54, 1.807) is 0 Å². The van der Waals surface area contributed by atoms with Gasteiger partial charge in [0.1, 0.15) is 5.75 Å². The van der Waals surface area contributed by atoms with Gasteiger partial charge in [0, 0.05) is 16.7 Å². The standard InChI is InChI=1S/C22H15ClF3N5O5/c23-15-4-7-20(18(10-15)31(34)35)36-12-21(33)30-27-11-13-8-17(5-6-19(13)32)29-28-16-3-1-2-14(9-16)22(24,25)26/h1-11,32H,12H2,(H,30,33)/b27-11+,29-28?. The van der Waals surface area contributed by atoms with Gasteiger partial charge < -0.3 is 9.84 Å². The summed E-state index contributed by atoms with van der Waals surface area (Å²) in [5, 5.41) is 32.4. The number of nitrogens with zero attached hydrogens (tertiary/aromatic N) is 4. The van der Waals surface area contributed by atoms with Gasteiger partial charge in [-0.1, -0.05) is 17.7 Å². The Morgan fingerprint density at radius 3 is 2.53 bits per heavy atom. The number of rotatable bonds is 8. The van der Waals surface area contributed by atoms with Gasteiger partial charge in [-0.3, -0.25) is 14.9 Å². The van der Waals surface area contributed by atoms with Crippen LogP contribution in [0.25, 0.3) is 0 Å². The lowest BCUT2D eigenvalue weighted by Crippen LogP contribution is -2.24. The number of hydrazone groups is 1. The first-order chi connectivity index (χ1) is 17.0. The van der Waals surface area contributed by atoms with Gasteiger partial charge >= 0.3 is 11.9 Å². The molecule has 0 fully saturated rings. The minimum atomic E-state index is -4.52. The molecule has 0 aliphatic rings. The molecule has 186 valence electrons. The highest BCUT2D eigenvalue weighted by Crippen LogP contribution is 2.32. The highest BCUT2D eigenvalue weighted by Gasteiger charge is 2.30. The quantitative estimate of drug-likeness (QED) is 0.164. The number of carbonyl (C=O) groups excluding carboxylic acids is 1. The Bertz CT molecular complexity index is 1350. The number of nitrogens with one attached hydrogen (secondary N) is 1. The van der Waals surface area contributed by atoms with Crippen molar-refractivity contribution in [3.8, 4) is 11.5 Å². The number of phenolic OH excluding ortho intramolecular Hbond substituents is 1. The molecule has 0 aromatic heterocycles. The van der Waals surface area contributed by atoms with Crippen LogP contribution in [0.4, 0.5) is 30.2 Å². The van der Waals surface area contributed by atoms with Crippen molar-refractivity contribution in [2.45, 2.75) is 6.18 Å². The molecule has 36 heavy (non-hydrogen) atoms. The molecule has 3 aromatic carbocycles. The van der Waals surface area contributed by atoms with Crippen molar-refractivity contribution in [3.05, 3.63) is 86.9 Å². The summed E-state index contributed by atoms with van der Waals surface area (Å²) in [5.41, 5.74) is 1.12. The molecular formula is C22H15ClF3N5O5. The predicted molar refractivity (Wildman–Crippen MR) is 123 cm³/mol. The highest BCUT2D eigenvalue weighted by atomic mass is 35.5. The number of hydrogen-bond acceptors (Lipinski definition) is 8. The first kappa shape index (κ1) is 26.1. The number of phenols is 1. The van der Waals surface area contributed by atoms with Gasteiger partial charge in [-0.05, 0) is 48.5 Å². The number of hydrogen-bond donors (Lipinski definition) is 2. The molecule has 14 heteroatoms. The first-order valence-corrected chi connectivity index (χ1v) is 10.2. The molecule has 3 aromatic rings. The van der Waals surface area contributed by atoms with E-state index in [1.807, 2.05) is 0 Å². The molecule has 3 rings (SSSR count). The minimum Gasteiger partial charge on any atom is -0.507 e. The second-order valence-corrected chi connectivity index (χ2v) is 7.38. The average Bonchev–Trinajstić information content (AvgIpc) is 2.83. The van der Waals surface area contributed by atoms with Crippen LogP contribution in [0.2, 0.25) is 5.02 Å². The third kappa shape index (κ3) is 7.24. The predicted octanol–water partition coefficient (Wildman–Crippen LogP) is 5.92. The van der Waals surface area contributed by atoms with Crippen LogP contribution in [0.1, 0.15) is 11.1 Å². The fourth-order valence-corrected chi connectivity index (χ4v) is 2.84. The van der Waals surface area contributed by atoms with Crippen LogP contribution in [-0.2, 0) is 11.0 Å². The van der Waals surface area contributed by atoms with Gasteiger partial charge in [0.25, 0.3) is 5.91 Å². The molecule has 0 unspecified atom stereocenters.